The van der Waals surface area contributed by atoms with E-state index in [1.165, 1.54) is 254 Å². The Kier molecular flexibility index (Phi) is 15.0. The fraction of sp³-hybridized carbons (Fsp3) is 0.0833. The average Bonchev–Trinajstić information content (AvgIpc) is 1.56. The second-order valence-corrected chi connectivity index (χ2v) is 35.0. The molecule has 120 heavy (non-hydrogen) atoms. The van der Waals surface area contributed by atoms with E-state index in [-0.39, 0.29) is 0 Å². The topological polar surface area (TPSA) is 0 Å². The Hall–Kier alpha value is -14.3. The second-order valence-electron chi connectivity index (χ2n) is 35.0. The van der Waals surface area contributed by atoms with E-state index in [1.54, 1.807) is 22.3 Å². The van der Waals surface area contributed by atoms with Crippen LogP contribution < -0.4 is 0 Å². The first kappa shape index (κ1) is 67.8. The van der Waals surface area contributed by atoms with E-state index in [2.05, 4.69) is 364 Å². The van der Waals surface area contributed by atoms with E-state index in [1.807, 2.05) is 0 Å². The predicted octanol–water partition coefficient (Wildman–Crippen LogP) is 29.9. The zero-order chi connectivity index (χ0) is 78.4. The molecule has 0 radical (unpaired) electrons. The highest BCUT2D eigenvalue weighted by molar-refractivity contribution is 6.05. The molecule has 0 unspecified atom stereocenters. The zero-order valence-electron chi connectivity index (χ0n) is 66.7. The van der Waals surface area contributed by atoms with Gasteiger partial charge in [-0.1, -0.05) is 315 Å². The third-order valence-electron chi connectivity index (χ3n) is 28.6. The number of hydrogen-bond donors (Lipinski definition) is 0. The normalized spacial score (nSPS) is 13.5. The van der Waals surface area contributed by atoms with Crippen molar-refractivity contribution < 1.29 is 0 Å². The van der Waals surface area contributed by atoms with Crippen molar-refractivity contribution in [2.75, 3.05) is 0 Å². The van der Waals surface area contributed by atoms with Gasteiger partial charge in [-0.25, -0.2) is 0 Å². The van der Waals surface area contributed by atoms with Crippen molar-refractivity contribution in [3.63, 3.8) is 0 Å². The van der Waals surface area contributed by atoms with Crippen LogP contribution in [0.4, 0.5) is 0 Å². The van der Waals surface area contributed by atoms with E-state index in [9.17, 15) is 0 Å². The zero-order valence-corrected chi connectivity index (χ0v) is 66.7. The maximum Gasteiger partial charge on any atom is -0.000706 e. The van der Waals surface area contributed by atoms with Crippen LogP contribution >= 0.6 is 0 Å². The molecule has 0 spiro atoms. The third-order valence-corrected chi connectivity index (χ3v) is 28.6. The Morgan fingerprint density at radius 1 is 0.108 bits per heavy atom. The lowest BCUT2D eigenvalue weighted by Gasteiger charge is -2.09. The van der Waals surface area contributed by atoms with E-state index < -0.39 is 0 Å². The summed E-state index contributed by atoms with van der Waals surface area (Å²) in [6.07, 6.45) is 10.7. The third kappa shape index (κ3) is 10.6. The van der Waals surface area contributed by atoms with Crippen molar-refractivity contribution in [2.45, 2.75) is 64.2 Å². The van der Waals surface area contributed by atoms with E-state index in [0.29, 0.717) is 0 Å². The number of hydrogen-bond acceptors (Lipinski definition) is 0. The quantitative estimate of drug-likeness (QED) is 0.142. The molecule has 0 nitrogen and oxygen atoms in total. The van der Waals surface area contributed by atoms with Crippen LogP contribution in [0.15, 0.2) is 364 Å². The lowest BCUT2D eigenvalue weighted by atomic mass is 9.95. The van der Waals surface area contributed by atoms with Crippen LogP contribution in [0.2, 0.25) is 0 Å². The highest BCUT2D eigenvalue weighted by Crippen LogP contribution is 2.54. The van der Waals surface area contributed by atoms with Gasteiger partial charge in [0.15, 0.2) is 0 Å². The van der Waals surface area contributed by atoms with E-state index in [0.717, 1.165) is 64.2 Å². The molecule has 0 N–H and O–H groups in total. The van der Waals surface area contributed by atoms with Crippen LogP contribution in [-0.4, -0.2) is 0 Å². The highest BCUT2D eigenvalue weighted by atomic mass is 14.4. The molecule has 0 saturated carbocycles. The molecule has 560 valence electrons. The predicted molar refractivity (Wildman–Crippen MR) is 502 cm³/mol. The Morgan fingerprint density at radius 2 is 0.342 bits per heavy atom. The summed E-state index contributed by atoms with van der Waals surface area (Å²) < 4.78 is 0. The Bertz CT molecular complexity index is 7780. The first-order valence-corrected chi connectivity index (χ1v) is 43.2. The summed E-state index contributed by atoms with van der Waals surface area (Å²) in [7, 11) is 0. The van der Waals surface area contributed by atoms with Crippen molar-refractivity contribution in [3.8, 4) is 111 Å². The lowest BCUT2D eigenvalue weighted by molar-refractivity contribution is 1.16. The molecule has 20 aromatic carbocycles. The van der Waals surface area contributed by atoms with Gasteiger partial charge in [0, 0.05) is 0 Å². The van der Waals surface area contributed by atoms with Gasteiger partial charge in [-0.15, -0.1) is 0 Å². The van der Waals surface area contributed by atoms with Crippen LogP contribution in [0.1, 0.15) is 111 Å². The summed E-state index contributed by atoms with van der Waals surface area (Å²) in [6, 6.07) is 135. The molecule has 0 saturated heterocycles. The summed E-state index contributed by atoms with van der Waals surface area (Å²) >= 11 is 0. The van der Waals surface area contributed by atoms with Crippen molar-refractivity contribution in [3.05, 3.63) is 475 Å². The van der Waals surface area contributed by atoms with Crippen molar-refractivity contribution in [2.24, 2.45) is 0 Å². The first-order chi connectivity index (χ1) is 59.4. The number of benzene rings is 20. The molecule has 0 atom stereocenters. The van der Waals surface area contributed by atoms with Gasteiger partial charge >= 0.3 is 0 Å². The molecule has 10 aliphatic rings. The molecule has 10 aliphatic carbocycles. The Labute approximate surface area is 699 Å². The van der Waals surface area contributed by atoms with Gasteiger partial charge in [-0.3, -0.25) is 0 Å². The maximum absolute atomic E-state index is 2.46. The Morgan fingerprint density at radius 3 is 0.833 bits per heavy atom. The highest BCUT2D eigenvalue weighted by Gasteiger charge is 2.34. The van der Waals surface area contributed by atoms with Gasteiger partial charge in [0.05, 0.1) is 0 Å². The van der Waals surface area contributed by atoms with Crippen molar-refractivity contribution in [1.82, 2.24) is 0 Å². The Balaban J connectivity index is 0.0000000811. The average molecular weight is 1520 g/mol. The molecule has 0 bridgehead atoms. The van der Waals surface area contributed by atoms with Crippen LogP contribution in [0.5, 0.6) is 0 Å². The van der Waals surface area contributed by atoms with Crippen molar-refractivity contribution in [1.29, 1.82) is 0 Å². The smallest absolute Gasteiger partial charge is 0.000706 e. The summed E-state index contributed by atoms with van der Waals surface area (Å²) in [5, 5.41) is 13.6. The SMILES string of the molecule is c1ccc2c(c1)Cc1c-2ccc2c1Cc1cc3ccccc3cc1-2.c1ccc2c(c1)Cc1c-2ccc2c1Cc1ccc3ccccc3c1-2.c1ccc2c(c1)Cc1cc3c(cc1-2)Cc1c-3ccc2ccccc12.c1ccc2c(c1)Cc1cc3c(cc1-2)Cc1cc2ccccc2cc1-3.c1ccc2c(c1)Cc1cc3c(cc1-2)Cc1ccc2ccccc2c1-3. The fourth-order valence-corrected chi connectivity index (χ4v) is 23.0. The minimum atomic E-state index is 1.06. The standard InChI is InChI=1S/5C24H16/c1-4-8-21-15(5-1)9-10-17-12-19-13-22-18(14-23(19)24(17)21)11-16-6-2-3-7-20(16)22;1-4-8-19-15(5-1)9-10-17-14-23-21(24(17)19)12-11-20-18-7-3-2-6-16(18)13-22(20)23;1-3-7-19-15(5-1)9-10-21-23-12-17-11-16-6-2-4-8-20(16)22(17)13-18(23)14-24(19)21;1-2-6-16-12-23-18(9-15(16)5-1)11-20-13-22-19(14-24(20)23)10-17-7-3-4-8-21(17)22;1-2-6-16-12-22-18(11-15(16)5-1)14-24-21(22)10-9-20-19-8-4-3-7-17(19)13-23(20)24/h1-10,13-14H,11-12H2;1-12H,13-14H2;1-10,12-13H,11,14H2;1-9,12-14H,10-11H2;1-12H,13-14H2. The molecule has 0 heteroatoms. The van der Waals surface area contributed by atoms with Gasteiger partial charge in [0.25, 0.3) is 0 Å². The largest absolute Gasteiger partial charge is 0.0619 e. The van der Waals surface area contributed by atoms with Crippen LogP contribution in [-0.2, 0) is 64.2 Å². The van der Waals surface area contributed by atoms with Crippen LogP contribution in [0, 0.1) is 0 Å². The van der Waals surface area contributed by atoms with Gasteiger partial charge in [0.1, 0.15) is 0 Å². The maximum atomic E-state index is 2.46. The number of rotatable bonds is 0. The monoisotopic (exact) mass is 1520 g/mol. The molecular formula is C120H80. The minimum absolute atomic E-state index is 1.06. The van der Waals surface area contributed by atoms with Gasteiger partial charge < -0.3 is 0 Å². The molecule has 20 aromatic rings. The summed E-state index contributed by atoms with van der Waals surface area (Å²) in [6.45, 7) is 0. The molecule has 0 fully saturated rings. The van der Waals surface area contributed by atoms with Gasteiger partial charge in [-0.05, 0) is 389 Å². The van der Waals surface area contributed by atoms with Crippen molar-refractivity contribution >= 4 is 53.9 Å². The second kappa shape index (κ2) is 26.6. The van der Waals surface area contributed by atoms with E-state index >= 15 is 0 Å². The summed E-state index contributed by atoms with van der Waals surface area (Å²) in [4.78, 5) is 0. The number of fused-ring (bicyclic) bond motifs is 40. The molecule has 0 aliphatic heterocycles. The van der Waals surface area contributed by atoms with E-state index in [4.69, 9.17) is 0 Å². The molecule has 0 aromatic heterocycles. The minimum Gasteiger partial charge on any atom is -0.0619 e. The first-order valence-electron chi connectivity index (χ1n) is 43.2. The molecular weight excluding hydrogens is 1440 g/mol. The molecule has 0 heterocycles. The summed E-state index contributed by atoms with van der Waals surface area (Å²) in [5.74, 6) is 0. The lowest BCUT2D eigenvalue weighted by Crippen LogP contribution is -1.90. The fourth-order valence-electron chi connectivity index (χ4n) is 23.0. The van der Waals surface area contributed by atoms with Gasteiger partial charge in [0.2, 0.25) is 0 Å². The molecule has 0 amide bonds. The molecule has 30 rings (SSSR count). The van der Waals surface area contributed by atoms with Gasteiger partial charge in [-0.2, -0.15) is 0 Å². The van der Waals surface area contributed by atoms with Crippen LogP contribution in [0.25, 0.3) is 165 Å². The summed E-state index contributed by atoms with van der Waals surface area (Å²) in [5.41, 5.74) is 58.7. The van der Waals surface area contributed by atoms with Crippen LogP contribution in [0.3, 0.4) is 0 Å².